The van der Waals surface area contributed by atoms with Gasteiger partial charge in [-0.3, -0.25) is 4.79 Å². The van der Waals surface area contributed by atoms with Crippen molar-refractivity contribution in [3.8, 4) is 0 Å². The van der Waals surface area contributed by atoms with E-state index in [2.05, 4.69) is 0 Å². The van der Waals surface area contributed by atoms with Crippen LogP contribution in [-0.4, -0.2) is 43.3 Å². The van der Waals surface area contributed by atoms with E-state index in [4.69, 9.17) is 4.74 Å². The lowest BCUT2D eigenvalue weighted by Crippen LogP contribution is -2.52. The van der Waals surface area contributed by atoms with Crippen LogP contribution < -0.4 is 0 Å². The smallest absolute Gasteiger partial charge is 0.217 e. The number of hydrogen-bond donors (Lipinski definition) is 0. The zero-order valence-corrected chi connectivity index (χ0v) is 9.09. The molecule has 86 valence electrons. The molecule has 4 nitrogen and oxygen atoms in total. The summed E-state index contributed by atoms with van der Waals surface area (Å²) in [6.07, 6.45) is 0. The molecule has 0 N–H and O–H groups in total. The molecule has 0 bridgehead atoms. The fourth-order valence-electron chi connectivity index (χ4n) is 1.81. The minimum atomic E-state index is -0.451. The van der Waals surface area contributed by atoms with Gasteiger partial charge in [0.1, 0.15) is 19.6 Å². The van der Waals surface area contributed by atoms with Gasteiger partial charge in [0.2, 0.25) is 5.78 Å². The van der Waals surface area contributed by atoms with E-state index in [9.17, 15) is 10.0 Å². The molecule has 0 saturated carbocycles. The summed E-state index contributed by atoms with van der Waals surface area (Å²) in [5.41, 5.74) is 0.613. The summed E-state index contributed by atoms with van der Waals surface area (Å²) in [6.45, 7) is 1.67. The van der Waals surface area contributed by atoms with Crippen LogP contribution in [0.4, 0.5) is 0 Å². The van der Waals surface area contributed by atoms with Crippen LogP contribution in [-0.2, 0) is 4.74 Å². The Kier molecular flexibility index (Phi) is 3.33. The minimum Gasteiger partial charge on any atom is -0.632 e. The maximum atomic E-state index is 12.1. The maximum Gasteiger partial charge on any atom is 0.217 e. The van der Waals surface area contributed by atoms with E-state index >= 15 is 0 Å². The molecule has 1 heterocycles. The SMILES string of the molecule is O=C(C[N+]1([O-])CCOCC1)c1ccccc1. The molecular formula is C12H15NO3. The van der Waals surface area contributed by atoms with Gasteiger partial charge < -0.3 is 14.6 Å². The zero-order valence-electron chi connectivity index (χ0n) is 9.09. The highest BCUT2D eigenvalue weighted by atomic mass is 16.6. The molecule has 0 unspecified atom stereocenters. The van der Waals surface area contributed by atoms with Gasteiger partial charge in [-0.25, -0.2) is 0 Å². The highest BCUT2D eigenvalue weighted by Crippen LogP contribution is 2.11. The molecule has 0 amide bonds. The molecule has 1 saturated heterocycles. The normalized spacial score (nSPS) is 19.3. The fourth-order valence-corrected chi connectivity index (χ4v) is 1.81. The first-order chi connectivity index (χ1) is 7.70. The third-order valence-electron chi connectivity index (χ3n) is 2.81. The minimum absolute atomic E-state index is 0.0212. The number of ether oxygens (including phenoxy) is 1. The summed E-state index contributed by atoms with van der Waals surface area (Å²) in [7, 11) is 0. The second-order valence-electron chi connectivity index (χ2n) is 4.07. The predicted molar refractivity (Wildman–Crippen MR) is 59.8 cm³/mol. The Bertz CT molecular complexity index is 358. The molecule has 1 aliphatic heterocycles. The van der Waals surface area contributed by atoms with Crippen LogP contribution in [0.25, 0.3) is 0 Å². The van der Waals surface area contributed by atoms with E-state index < -0.39 is 4.65 Å². The predicted octanol–water partition coefficient (Wildman–Crippen LogP) is 1.21. The van der Waals surface area contributed by atoms with Crippen LogP contribution in [0.15, 0.2) is 30.3 Å². The zero-order chi connectivity index (χ0) is 11.4. The molecule has 0 aliphatic carbocycles. The van der Waals surface area contributed by atoms with Crippen molar-refractivity contribution in [1.29, 1.82) is 0 Å². The van der Waals surface area contributed by atoms with Crippen molar-refractivity contribution in [3.05, 3.63) is 41.1 Å². The average molecular weight is 221 g/mol. The van der Waals surface area contributed by atoms with Crippen molar-refractivity contribution in [1.82, 2.24) is 0 Å². The van der Waals surface area contributed by atoms with E-state index in [1.54, 1.807) is 12.1 Å². The van der Waals surface area contributed by atoms with Gasteiger partial charge in [-0.1, -0.05) is 30.3 Å². The number of quaternary nitrogens is 1. The number of hydrogen-bond acceptors (Lipinski definition) is 3. The number of morpholine rings is 1. The average Bonchev–Trinajstić information content (AvgIpc) is 2.30. The van der Waals surface area contributed by atoms with Crippen LogP contribution in [0.2, 0.25) is 0 Å². The lowest BCUT2D eigenvalue weighted by molar-refractivity contribution is -0.880. The molecule has 1 fully saturated rings. The number of benzene rings is 1. The Labute approximate surface area is 94.6 Å². The summed E-state index contributed by atoms with van der Waals surface area (Å²) >= 11 is 0. The molecule has 4 heteroatoms. The second-order valence-corrected chi connectivity index (χ2v) is 4.07. The molecule has 2 rings (SSSR count). The Morgan fingerprint density at radius 1 is 1.25 bits per heavy atom. The van der Waals surface area contributed by atoms with Gasteiger partial charge >= 0.3 is 0 Å². The molecule has 16 heavy (non-hydrogen) atoms. The van der Waals surface area contributed by atoms with Gasteiger partial charge in [0, 0.05) is 5.56 Å². The first-order valence-electron chi connectivity index (χ1n) is 5.43. The molecule has 0 spiro atoms. The summed E-state index contributed by atoms with van der Waals surface area (Å²) in [5, 5.41) is 12.1. The third kappa shape index (κ3) is 2.66. The van der Waals surface area contributed by atoms with Crippen LogP contribution in [0.1, 0.15) is 10.4 Å². The van der Waals surface area contributed by atoms with Crippen LogP contribution >= 0.6 is 0 Å². The largest absolute Gasteiger partial charge is 0.632 e. The van der Waals surface area contributed by atoms with Crippen molar-refractivity contribution < 1.29 is 14.2 Å². The number of nitrogens with zero attached hydrogens (tertiary/aromatic N) is 1. The Balaban J connectivity index is 2.01. The standard InChI is InChI=1S/C12H15NO3/c14-12(11-4-2-1-3-5-11)10-13(15)6-8-16-9-7-13/h1-5H,6-10H2. The van der Waals surface area contributed by atoms with Crippen LogP contribution in [0, 0.1) is 5.21 Å². The van der Waals surface area contributed by atoms with Gasteiger partial charge in [-0.05, 0) is 0 Å². The topological polar surface area (TPSA) is 49.4 Å². The molecule has 0 aromatic heterocycles. The number of rotatable bonds is 3. The molecule has 0 atom stereocenters. The van der Waals surface area contributed by atoms with Gasteiger partial charge in [0.05, 0.1) is 13.2 Å². The fraction of sp³-hybridized carbons (Fsp3) is 0.417. The maximum absolute atomic E-state index is 12.1. The first kappa shape index (κ1) is 11.3. The number of carbonyl (C=O) groups excluding carboxylic acids is 1. The van der Waals surface area contributed by atoms with Gasteiger partial charge in [-0.15, -0.1) is 0 Å². The van der Waals surface area contributed by atoms with E-state index in [1.807, 2.05) is 18.2 Å². The Morgan fingerprint density at radius 2 is 1.88 bits per heavy atom. The Morgan fingerprint density at radius 3 is 2.50 bits per heavy atom. The van der Waals surface area contributed by atoms with Crippen molar-refractivity contribution in [2.24, 2.45) is 0 Å². The van der Waals surface area contributed by atoms with E-state index in [0.29, 0.717) is 31.9 Å². The lowest BCUT2D eigenvalue weighted by atomic mass is 10.1. The second kappa shape index (κ2) is 4.74. The van der Waals surface area contributed by atoms with E-state index in [0.717, 1.165) is 0 Å². The van der Waals surface area contributed by atoms with Crippen molar-refractivity contribution in [2.45, 2.75) is 0 Å². The third-order valence-corrected chi connectivity index (χ3v) is 2.81. The van der Waals surface area contributed by atoms with E-state index in [1.165, 1.54) is 0 Å². The van der Waals surface area contributed by atoms with E-state index in [-0.39, 0.29) is 12.3 Å². The monoisotopic (exact) mass is 221 g/mol. The summed E-state index contributed by atoms with van der Waals surface area (Å²) in [6, 6.07) is 8.96. The summed E-state index contributed by atoms with van der Waals surface area (Å²) in [5.74, 6) is -0.0856. The van der Waals surface area contributed by atoms with Crippen molar-refractivity contribution in [3.63, 3.8) is 0 Å². The van der Waals surface area contributed by atoms with Gasteiger partial charge in [0.15, 0.2) is 0 Å². The van der Waals surface area contributed by atoms with Crippen molar-refractivity contribution >= 4 is 5.78 Å². The lowest BCUT2D eigenvalue weighted by Gasteiger charge is -2.44. The quantitative estimate of drug-likeness (QED) is 0.438. The van der Waals surface area contributed by atoms with Gasteiger partial charge in [0.25, 0.3) is 0 Å². The molecule has 1 aliphatic rings. The molecule has 1 aromatic rings. The van der Waals surface area contributed by atoms with Gasteiger partial charge in [-0.2, -0.15) is 0 Å². The molecular weight excluding hydrogens is 206 g/mol. The highest BCUT2D eigenvalue weighted by Gasteiger charge is 2.24. The summed E-state index contributed by atoms with van der Waals surface area (Å²) in [4.78, 5) is 11.9. The van der Waals surface area contributed by atoms with Crippen molar-refractivity contribution in [2.75, 3.05) is 32.8 Å². The Hall–Kier alpha value is -1.23. The molecule has 0 radical (unpaired) electrons. The van der Waals surface area contributed by atoms with Crippen LogP contribution in [0.5, 0.6) is 0 Å². The highest BCUT2D eigenvalue weighted by molar-refractivity contribution is 5.96. The molecule has 1 aromatic carbocycles. The number of ketones is 1. The summed E-state index contributed by atoms with van der Waals surface area (Å²) < 4.78 is 4.67. The first-order valence-corrected chi connectivity index (χ1v) is 5.43. The number of carbonyl (C=O) groups is 1. The number of hydroxylamine groups is 3. The van der Waals surface area contributed by atoms with Crippen LogP contribution in [0.3, 0.4) is 0 Å². The number of Topliss-reactive ketones (excluding diaryl/α,β-unsaturated/α-hetero) is 1.